The van der Waals surface area contributed by atoms with Crippen molar-refractivity contribution in [3.8, 4) is 5.75 Å². The SMILES string of the molecule is C=CC(C)C(O[Si](C)(C)C(C)(C)C)C(C)C(C)OCc1ccc(OC)cc1. The maximum absolute atomic E-state index is 6.79. The molecule has 0 fully saturated rings. The van der Waals surface area contributed by atoms with E-state index in [0.717, 1.165) is 11.3 Å². The zero-order valence-corrected chi connectivity index (χ0v) is 19.8. The van der Waals surface area contributed by atoms with Crippen LogP contribution < -0.4 is 4.74 Å². The summed E-state index contributed by atoms with van der Waals surface area (Å²) in [6, 6.07) is 8.03. The zero-order valence-electron chi connectivity index (χ0n) is 18.8. The fraction of sp³-hybridized carbons (Fsp3) is 0.652. The molecule has 0 aromatic heterocycles. The van der Waals surface area contributed by atoms with Gasteiger partial charge in [-0.1, -0.05) is 52.8 Å². The Morgan fingerprint density at radius 1 is 1.07 bits per heavy atom. The second-order valence-corrected chi connectivity index (χ2v) is 13.9. The third kappa shape index (κ3) is 6.77. The van der Waals surface area contributed by atoms with Crippen LogP contribution in [0.15, 0.2) is 36.9 Å². The highest BCUT2D eigenvalue weighted by molar-refractivity contribution is 6.74. The van der Waals surface area contributed by atoms with E-state index in [-0.39, 0.29) is 29.1 Å². The summed E-state index contributed by atoms with van der Waals surface area (Å²) in [6.07, 6.45) is 2.20. The van der Waals surface area contributed by atoms with Crippen molar-refractivity contribution in [1.29, 1.82) is 0 Å². The molecule has 1 rings (SSSR count). The van der Waals surface area contributed by atoms with Crippen LogP contribution in [0.4, 0.5) is 0 Å². The number of hydrogen-bond acceptors (Lipinski definition) is 3. The second kappa shape index (κ2) is 9.90. The molecule has 0 N–H and O–H groups in total. The van der Waals surface area contributed by atoms with Gasteiger partial charge < -0.3 is 13.9 Å². The van der Waals surface area contributed by atoms with Crippen LogP contribution in [0, 0.1) is 11.8 Å². The van der Waals surface area contributed by atoms with E-state index in [0.29, 0.717) is 6.61 Å². The monoisotopic (exact) mass is 392 g/mol. The minimum atomic E-state index is -1.87. The largest absolute Gasteiger partial charge is 0.497 e. The molecule has 0 aliphatic carbocycles. The standard InChI is InChI=1S/C23H40O3Si/c1-11-17(2)22(26-27(9,10)23(5,6)7)18(3)19(4)25-16-20-12-14-21(24-8)15-13-20/h11-15,17-19,22H,1,16H2,2-10H3. The normalized spacial score (nSPS) is 17.1. The smallest absolute Gasteiger partial charge is 0.192 e. The summed E-state index contributed by atoms with van der Waals surface area (Å²) in [7, 11) is -0.191. The minimum absolute atomic E-state index is 0.0873. The summed E-state index contributed by atoms with van der Waals surface area (Å²) in [5, 5.41) is 0.180. The molecular weight excluding hydrogens is 352 g/mol. The van der Waals surface area contributed by atoms with Crippen LogP contribution in [0.2, 0.25) is 18.1 Å². The Kier molecular flexibility index (Phi) is 8.78. The maximum atomic E-state index is 6.79. The number of hydrogen-bond donors (Lipinski definition) is 0. The van der Waals surface area contributed by atoms with Gasteiger partial charge in [-0.2, -0.15) is 0 Å². The summed E-state index contributed by atoms with van der Waals surface area (Å²) in [5.41, 5.74) is 1.15. The Morgan fingerprint density at radius 2 is 1.63 bits per heavy atom. The first kappa shape index (κ1) is 23.9. The minimum Gasteiger partial charge on any atom is -0.497 e. The van der Waals surface area contributed by atoms with Crippen molar-refractivity contribution in [3.05, 3.63) is 42.5 Å². The molecule has 154 valence electrons. The van der Waals surface area contributed by atoms with E-state index in [1.165, 1.54) is 0 Å². The van der Waals surface area contributed by atoms with E-state index in [4.69, 9.17) is 13.9 Å². The zero-order chi connectivity index (χ0) is 20.8. The van der Waals surface area contributed by atoms with Gasteiger partial charge in [-0.15, -0.1) is 6.58 Å². The van der Waals surface area contributed by atoms with Gasteiger partial charge in [-0.05, 0) is 48.7 Å². The van der Waals surface area contributed by atoms with Crippen molar-refractivity contribution in [2.45, 2.75) is 78.5 Å². The molecule has 0 radical (unpaired) electrons. The third-order valence-electron chi connectivity index (χ3n) is 6.06. The van der Waals surface area contributed by atoms with Crippen molar-refractivity contribution in [2.24, 2.45) is 11.8 Å². The van der Waals surface area contributed by atoms with Crippen LogP contribution in [0.1, 0.15) is 47.1 Å². The van der Waals surface area contributed by atoms with Crippen LogP contribution in [-0.4, -0.2) is 27.6 Å². The van der Waals surface area contributed by atoms with Gasteiger partial charge >= 0.3 is 0 Å². The van der Waals surface area contributed by atoms with Crippen LogP contribution >= 0.6 is 0 Å². The molecule has 1 aromatic rings. The summed E-state index contributed by atoms with van der Waals surface area (Å²) in [4.78, 5) is 0. The van der Waals surface area contributed by atoms with E-state index in [9.17, 15) is 0 Å². The van der Waals surface area contributed by atoms with Crippen molar-refractivity contribution in [1.82, 2.24) is 0 Å². The lowest BCUT2D eigenvalue weighted by Crippen LogP contribution is -2.48. The summed E-state index contributed by atoms with van der Waals surface area (Å²) in [5.74, 6) is 1.41. The van der Waals surface area contributed by atoms with Gasteiger partial charge in [0.2, 0.25) is 0 Å². The second-order valence-electron chi connectivity index (χ2n) is 9.16. The number of methoxy groups -OCH3 is 1. The first-order valence-electron chi connectivity index (χ1n) is 9.98. The van der Waals surface area contributed by atoms with Gasteiger partial charge in [0.25, 0.3) is 0 Å². The lowest BCUT2D eigenvalue weighted by molar-refractivity contribution is -0.0335. The van der Waals surface area contributed by atoms with Crippen LogP contribution in [0.5, 0.6) is 5.75 Å². The summed E-state index contributed by atoms with van der Waals surface area (Å²) >= 11 is 0. The molecule has 1 aromatic carbocycles. The molecule has 27 heavy (non-hydrogen) atoms. The van der Waals surface area contributed by atoms with Crippen molar-refractivity contribution >= 4 is 8.32 Å². The third-order valence-corrected chi connectivity index (χ3v) is 10.5. The van der Waals surface area contributed by atoms with Crippen LogP contribution in [0.25, 0.3) is 0 Å². The van der Waals surface area contributed by atoms with E-state index in [1.54, 1.807) is 7.11 Å². The Hall–Kier alpha value is -1.10. The molecule has 4 atom stereocenters. The molecule has 0 amide bonds. The summed E-state index contributed by atoms with van der Waals surface area (Å²) < 4.78 is 18.2. The fourth-order valence-corrected chi connectivity index (χ4v) is 4.18. The molecule has 0 aliphatic rings. The topological polar surface area (TPSA) is 27.7 Å². The fourth-order valence-electron chi connectivity index (χ4n) is 2.71. The van der Waals surface area contributed by atoms with E-state index in [2.05, 4.69) is 61.2 Å². The van der Waals surface area contributed by atoms with Gasteiger partial charge in [0, 0.05) is 5.92 Å². The van der Waals surface area contributed by atoms with Gasteiger partial charge in [0.05, 0.1) is 25.9 Å². The predicted molar refractivity (Wildman–Crippen MR) is 118 cm³/mol. The molecule has 3 nitrogen and oxygen atoms in total. The molecule has 0 bridgehead atoms. The van der Waals surface area contributed by atoms with Crippen LogP contribution in [0.3, 0.4) is 0 Å². The number of benzene rings is 1. The van der Waals surface area contributed by atoms with Gasteiger partial charge in [0.15, 0.2) is 8.32 Å². The average molecular weight is 393 g/mol. The average Bonchev–Trinajstić information content (AvgIpc) is 2.62. The van der Waals surface area contributed by atoms with Crippen molar-refractivity contribution in [2.75, 3.05) is 7.11 Å². The highest BCUT2D eigenvalue weighted by Crippen LogP contribution is 2.39. The number of ether oxygens (including phenoxy) is 2. The highest BCUT2D eigenvalue weighted by Gasteiger charge is 2.41. The van der Waals surface area contributed by atoms with Crippen LogP contribution in [-0.2, 0) is 15.8 Å². The molecular formula is C23H40O3Si. The van der Waals surface area contributed by atoms with E-state index >= 15 is 0 Å². The molecule has 0 heterocycles. The Morgan fingerprint density at radius 3 is 2.07 bits per heavy atom. The highest BCUT2D eigenvalue weighted by atomic mass is 28.4. The number of rotatable bonds is 10. The Labute approximate surface area is 168 Å². The first-order valence-corrected chi connectivity index (χ1v) is 12.9. The predicted octanol–water partition coefficient (Wildman–Crippen LogP) is 6.45. The molecule has 0 saturated carbocycles. The molecule has 4 heteroatoms. The quantitative estimate of drug-likeness (QED) is 0.338. The Balaban J connectivity index is 2.81. The van der Waals surface area contributed by atoms with E-state index < -0.39 is 8.32 Å². The molecule has 0 saturated heterocycles. The van der Waals surface area contributed by atoms with Gasteiger partial charge in [-0.3, -0.25) is 0 Å². The van der Waals surface area contributed by atoms with Gasteiger partial charge in [-0.25, -0.2) is 0 Å². The molecule has 0 spiro atoms. The molecule has 0 aliphatic heterocycles. The first-order chi connectivity index (χ1) is 12.4. The van der Waals surface area contributed by atoms with Crippen molar-refractivity contribution < 1.29 is 13.9 Å². The lowest BCUT2D eigenvalue weighted by atomic mass is 9.90. The molecule has 4 unspecified atom stereocenters. The lowest BCUT2D eigenvalue weighted by Gasteiger charge is -2.43. The van der Waals surface area contributed by atoms with Gasteiger partial charge in [0.1, 0.15) is 5.75 Å². The maximum Gasteiger partial charge on any atom is 0.192 e. The Bertz CT molecular complexity index is 574. The van der Waals surface area contributed by atoms with Crippen molar-refractivity contribution in [3.63, 3.8) is 0 Å². The van der Waals surface area contributed by atoms with E-state index in [1.807, 2.05) is 30.3 Å². The summed E-state index contributed by atoms with van der Waals surface area (Å²) in [6.45, 7) is 22.6.